The van der Waals surface area contributed by atoms with Crippen LogP contribution < -0.4 is 21.9 Å². The van der Waals surface area contributed by atoms with Crippen molar-refractivity contribution >= 4 is 63.4 Å². The molecule has 0 unspecified atom stereocenters. The predicted octanol–water partition coefficient (Wildman–Crippen LogP) is 6.42. The van der Waals surface area contributed by atoms with Crippen LogP contribution in [0.25, 0.3) is 22.2 Å². The van der Waals surface area contributed by atoms with E-state index in [1.807, 2.05) is 0 Å². The molecule has 5 aromatic rings. The third kappa shape index (κ3) is 6.01. The van der Waals surface area contributed by atoms with E-state index in [1.54, 1.807) is 18.2 Å². The fourth-order valence-corrected chi connectivity index (χ4v) is 4.91. The molecule has 0 fully saturated rings. The summed E-state index contributed by atoms with van der Waals surface area (Å²) in [7, 11) is 1.49. The van der Waals surface area contributed by atoms with Gasteiger partial charge in [-0.15, -0.1) is 0 Å². The normalized spacial score (nSPS) is 11.4. The molecule has 2 aromatic heterocycles. The predicted molar refractivity (Wildman–Crippen MR) is 158 cm³/mol. The number of amides is 2. The van der Waals surface area contributed by atoms with Gasteiger partial charge in [-0.05, 0) is 54.6 Å². The van der Waals surface area contributed by atoms with E-state index in [2.05, 4.69) is 20.6 Å². The van der Waals surface area contributed by atoms with Crippen molar-refractivity contribution in [2.75, 3.05) is 10.6 Å². The van der Waals surface area contributed by atoms with Crippen LogP contribution in [0, 0.1) is 0 Å². The first-order valence-corrected chi connectivity index (χ1v) is 13.1. The molecule has 5 rings (SSSR count). The molecule has 3 aromatic carbocycles. The maximum Gasteiger partial charge on any atom is 0.416 e. The van der Waals surface area contributed by atoms with Gasteiger partial charge in [-0.25, -0.2) is 4.98 Å². The lowest BCUT2D eigenvalue weighted by Gasteiger charge is -2.15. The van der Waals surface area contributed by atoms with Crippen LogP contribution in [0.4, 0.5) is 30.5 Å². The standard InChI is InChI=1S/C29H19Cl2F3N6O3/c1-40-25-16(13-36-28(39-25)37-18-7-3-4-14(11-18)24(35)41)12-19(27(40)43)22-20(30)8-9-21(23(22)31)38-26(42)15-5-2-6-17(10-15)29(32,33)34/h2-13H,1H3,(H2,35,41)(H,38,42)(H,36,37,39). The molecular weight excluding hydrogens is 608 g/mol. The molecule has 14 heteroatoms. The molecule has 0 atom stereocenters. The zero-order valence-electron chi connectivity index (χ0n) is 22.0. The number of hydrogen-bond donors (Lipinski definition) is 3. The topological polar surface area (TPSA) is 132 Å². The minimum absolute atomic E-state index is 0.0274. The molecule has 43 heavy (non-hydrogen) atoms. The molecule has 2 amide bonds. The first-order chi connectivity index (χ1) is 20.3. The number of alkyl halides is 3. The van der Waals surface area contributed by atoms with Crippen LogP contribution in [-0.2, 0) is 13.2 Å². The van der Waals surface area contributed by atoms with Gasteiger partial charge in [-0.1, -0.05) is 35.3 Å². The van der Waals surface area contributed by atoms with Crippen LogP contribution in [0.2, 0.25) is 10.0 Å². The lowest BCUT2D eigenvalue weighted by molar-refractivity contribution is -0.137. The quantitative estimate of drug-likeness (QED) is 0.199. The number of aryl methyl sites for hydroxylation is 1. The number of aromatic nitrogens is 3. The molecule has 4 N–H and O–H groups in total. The van der Waals surface area contributed by atoms with Crippen LogP contribution >= 0.6 is 23.2 Å². The number of carbonyl (C=O) groups is 2. The SMILES string of the molecule is Cn1c(=O)c(-c2c(Cl)ccc(NC(=O)c3cccc(C(F)(F)F)c3)c2Cl)cc2cnc(Nc3cccc(C(N)=O)c3)nc21. The maximum absolute atomic E-state index is 13.5. The number of carbonyl (C=O) groups excluding carboxylic acids is 2. The number of anilines is 3. The lowest BCUT2D eigenvalue weighted by atomic mass is 10.0. The Morgan fingerprint density at radius 3 is 2.42 bits per heavy atom. The highest BCUT2D eigenvalue weighted by Crippen LogP contribution is 2.39. The number of rotatable bonds is 6. The number of halogens is 5. The summed E-state index contributed by atoms with van der Waals surface area (Å²) < 4.78 is 40.6. The van der Waals surface area contributed by atoms with Gasteiger partial charge < -0.3 is 16.4 Å². The third-order valence-corrected chi connectivity index (χ3v) is 7.12. The summed E-state index contributed by atoms with van der Waals surface area (Å²) in [4.78, 5) is 46.5. The Labute approximate surface area is 251 Å². The monoisotopic (exact) mass is 626 g/mol. The van der Waals surface area contributed by atoms with E-state index in [0.717, 1.165) is 18.2 Å². The van der Waals surface area contributed by atoms with E-state index in [9.17, 15) is 27.6 Å². The molecule has 0 aliphatic rings. The molecule has 0 spiro atoms. The molecule has 9 nitrogen and oxygen atoms in total. The molecule has 0 radical (unpaired) electrons. The Morgan fingerprint density at radius 2 is 1.70 bits per heavy atom. The summed E-state index contributed by atoms with van der Waals surface area (Å²) in [5, 5.41) is 5.89. The van der Waals surface area contributed by atoms with E-state index in [0.29, 0.717) is 11.1 Å². The van der Waals surface area contributed by atoms with Crippen LogP contribution in [0.15, 0.2) is 77.7 Å². The van der Waals surface area contributed by atoms with Crippen LogP contribution in [-0.4, -0.2) is 26.3 Å². The van der Waals surface area contributed by atoms with Gasteiger partial charge in [-0.2, -0.15) is 18.2 Å². The van der Waals surface area contributed by atoms with Gasteiger partial charge in [0.2, 0.25) is 11.9 Å². The summed E-state index contributed by atoms with van der Waals surface area (Å²) in [5.41, 5.74) is 4.82. The van der Waals surface area contributed by atoms with Crippen molar-refractivity contribution in [1.82, 2.24) is 14.5 Å². The summed E-state index contributed by atoms with van der Waals surface area (Å²) in [6, 6.07) is 14.6. The second kappa shape index (κ2) is 11.4. The minimum Gasteiger partial charge on any atom is -0.366 e. The van der Waals surface area contributed by atoms with Crippen molar-refractivity contribution in [2.45, 2.75) is 6.18 Å². The smallest absolute Gasteiger partial charge is 0.366 e. The summed E-state index contributed by atoms with van der Waals surface area (Å²) in [5.74, 6) is -1.30. The third-order valence-electron chi connectivity index (χ3n) is 6.41. The Bertz CT molecular complexity index is 2000. The summed E-state index contributed by atoms with van der Waals surface area (Å²) >= 11 is 13.1. The largest absolute Gasteiger partial charge is 0.416 e. The van der Waals surface area contributed by atoms with E-state index in [-0.39, 0.29) is 49.6 Å². The summed E-state index contributed by atoms with van der Waals surface area (Å²) in [6.07, 6.45) is -3.17. The van der Waals surface area contributed by atoms with E-state index >= 15 is 0 Å². The molecule has 0 bridgehead atoms. The zero-order valence-corrected chi connectivity index (χ0v) is 23.5. The van der Waals surface area contributed by atoms with Crippen molar-refractivity contribution in [2.24, 2.45) is 12.8 Å². The number of nitrogens with one attached hydrogen (secondary N) is 2. The highest BCUT2D eigenvalue weighted by Gasteiger charge is 2.31. The highest BCUT2D eigenvalue weighted by molar-refractivity contribution is 6.41. The number of nitrogens with two attached hydrogens (primary N) is 1. The first-order valence-electron chi connectivity index (χ1n) is 12.3. The van der Waals surface area contributed by atoms with E-state index in [4.69, 9.17) is 28.9 Å². The zero-order chi connectivity index (χ0) is 31.1. The van der Waals surface area contributed by atoms with Crippen LogP contribution in [0.3, 0.4) is 0 Å². The Hall–Kier alpha value is -4.94. The minimum atomic E-state index is -4.63. The van der Waals surface area contributed by atoms with Crippen molar-refractivity contribution < 1.29 is 22.8 Å². The summed E-state index contributed by atoms with van der Waals surface area (Å²) in [6.45, 7) is 0. The van der Waals surface area contributed by atoms with Gasteiger partial charge >= 0.3 is 6.18 Å². The van der Waals surface area contributed by atoms with Gasteiger partial charge in [0, 0.05) is 41.0 Å². The average Bonchev–Trinajstić information content (AvgIpc) is 2.97. The number of benzene rings is 3. The van der Waals surface area contributed by atoms with E-state index in [1.165, 1.54) is 48.1 Å². The Balaban J connectivity index is 1.50. The van der Waals surface area contributed by atoms with Gasteiger partial charge in [-0.3, -0.25) is 19.0 Å². The van der Waals surface area contributed by atoms with Gasteiger partial charge in [0.1, 0.15) is 5.65 Å². The molecular formula is C29H19Cl2F3N6O3. The highest BCUT2D eigenvalue weighted by atomic mass is 35.5. The van der Waals surface area contributed by atoms with E-state index < -0.39 is 29.1 Å². The maximum atomic E-state index is 13.5. The Kier molecular flexibility index (Phi) is 7.82. The second-order valence-electron chi connectivity index (χ2n) is 9.28. The Morgan fingerprint density at radius 1 is 0.977 bits per heavy atom. The van der Waals surface area contributed by atoms with Gasteiger partial charge in [0.15, 0.2) is 0 Å². The lowest BCUT2D eigenvalue weighted by Crippen LogP contribution is -2.20. The number of nitrogens with zero attached hydrogens (tertiary/aromatic N) is 3. The van der Waals surface area contributed by atoms with Crippen molar-refractivity contribution in [3.05, 3.63) is 110 Å². The van der Waals surface area contributed by atoms with Crippen LogP contribution in [0.5, 0.6) is 0 Å². The van der Waals surface area contributed by atoms with Crippen molar-refractivity contribution in [3.8, 4) is 11.1 Å². The molecule has 0 saturated heterocycles. The van der Waals surface area contributed by atoms with Gasteiger partial charge in [0.05, 0.1) is 26.9 Å². The first kappa shape index (κ1) is 29.5. The molecule has 218 valence electrons. The molecule has 0 saturated carbocycles. The average molecular weight is 627 g/mol. The fourth-order valence-electron chi connectivity index (χ4n) is 4.29. The van der Waals surface area contributed by atoms with Crippen LogP contribution in [0.1, 0.15) is 26.3 Å². The number of fused-ring (bicyclic) bond motifs is 1. The molecule has 2 heterocycles. The number of primary amides is 1. The van der Waals surface area contributed by atoms with Gasteiger partial charge in [0.25, 0.3) is 11.5 Å². The van der Waals surface area contributed by atoms with Crippen molar-refractivity contribution in [3.63, 3.8) is 0 Å². The fraction of sp³-hybridized carbons (Fsp3) is 0.0690. The van der Waals surface area contributed by atoms with Crippen molar-refractivity contribution in [1.29, 1.82) is 0 Å². The second-order valence-corrected chi connectivity index (χ2v) is 10.1. The molecule has 0 aliphatic heterocycles. The molecule has 0 aliphatic carbocycles. The number of pyridine rings is 1. The number of hydrogen-bond acceptors (Lipinski definition) is 6.